The topological polar surface area (TPSA) is 61.4 Å². The molecule has 0 saturated heterocycles. The first-order valence-electron chi connectivity index (χ1n) is 7.06. The van der Waals surface area contributed by atoms with Gasteiger partial charge in [0.05, 0.1) is 0 Å². The van der Waals surface area contributed by atoms with Crippen LogP contribution in [0.4, 0.5) is 0 Å². The molecule has 0 saturated carbocycles. The van der Waals surface area contributed by atoms with Gasteiger partial charge in [-0.05, 0) is 31.2 Å². The van der Waals surface area contributed by atoms with E-state index in [9.17, 15) is 9.59 Å². The fraction of sp³-hybridized carbons (Fsp3) is 0.375. The second-order valence-electron chi connectivity index (χ2n) is 5.28. The summed E-state index contributed by atoms with van der Waals surface area (Å²) in [5.74, 6) is -0.256. The fourth-order valence-corrected chi connectivity index (χ4v) is 2.18. The van der Waals surface area contributed by atoms with Crippen molar-refractivity contribution in [3.8, 4) is 0 Å². The van der Waals surface area contributed by atoms with Crippen LogP contribution < -0.4 is 10.6 Å². The number of nitrogens with zero attached hydrogens (tertiary/aromatic N) is 1. The molecule has 0 unspecified atom stereocenters. The third-order valence-corrected chi connectivity index (χ3v) is 3.41. The quantitative estimate of drug-likeness (QED) is 0.813. The number of hydrogen-bond donors (Lipinski definition) is 2. The number of benzene rings is 1. The van der Waals surface area contributed by atoms with E-state index in [0.717, 1.165) is 19.5 Å². The Morgan fingerprint density at radius 1 is 1.29 bits per heavy atom. The SMILES string of the molecule is CN(C)C(=O)c1cccc(C(=O)NCC2=CCNCC2)c1. The standard InChI is InChI=1S/C16H21N3O2/c1-19(2)16(21)14-5-3-4-13(10-14)15(20)18-11-12-6-8-17-9-7-12/h3-6,10,17H,7-9,11H2,1-2H3,(H,18,20). The lowest BCUT2D eigenvalue weighted by Crippen LogP contribution is -2.30. The van der Waals surface area contributed by atoms with Gasteiger partial charge in [0.25, 0.3) is 11.8 Å². The zero-order valence-electron chi connectivity index (χ0n) is 12.5. The van der Waals surface area contributed by atoms with E-state index in [-0.39, 0.29) is 11.8 Å². The van der Waals surface area contributed by atoms with Gasteiger partial charge < -0.3 is 15.5 Å². The van der Waals surface area contributed by atoms with Crippen LogP contribution in [0.25, 0.3) is 0 Å². The molecule has 1 aliphatic heterocycles. The number of carbonyl (C=O) groups excluding carboxylic acids is 2. The van der Waals surface area contributed by atoms with Gasteiger partial charge in [-0.2, -0.15) is 0 Å². The molecule has 5 heteroatoms. The Labute approximate surface area is 125 Å². The van der Waals surface area contributed by atoms with Crippen molar-refractivity contribution < 1.29 is 9.59 Å². The van der Waals surface area contributed by atoms with Crippen molar-refractivity contribution in [2.75, 3.05) is 33.7 Å². The summed E-state index contributed by atoms with van der Waals surface area (Å²) in [5.41, 5.74) is 2.27. The van der Waals surface area contributed by atoms with E-state index < -0.39 is 0 Å². The second kappa shape index (κ2) is 7.04. The molecule has 2 N–H and O–H groups in total. The average Bonchev–Trinajstić information content (AvgIpc) is 2.53. The first kappa shape index (κ1) is 15.3. The Morgan fingerprint density at radius 2 is 2.05 bits per heavy atom. The van der Waals surface area contributed by atoms with Crippen molar-refractivity contribution in [1.29, 1.82) is 0 Å². The van der Waals surface area contributed by atoms with Gasteiger partial charge in [-0.25, -0.2) is 0 Å². The maximum absolute atomic E-state index is 12.2. The summed E-state index contributed by atoms with van der Waals surface area (Å²) in [6.07, 6.45) is 3.06. The Bertz CT molecular complexity index is 564. The van der Waals surface area contributed by atoms with E-state index in [0.29, 0.717) is 17.7 Å². The Hall–Kier alpha value is -2.14. The maximum atomic E-state index is 12.2. The number of carbonyl (C=O) groups is 2. The summed E-state index contributed by atoms with van der Waals surface area (Å²) in [6.45, 7) is 2.37. The molecule has 0 radical (unpaired) electrons. The highest BCUT2D eigenvalue weighted by atomic mass is 16.2. The minimum absolute atomic E-state index is 0.106. The van der Waals surface area contributed by atoms with Gasteiger partial charge in [0, 0.05) is 38.3 Å². The number of hydrogen-bond acceptors (Lipinski definition) is 3. The van der Waals surface area contributed by atoms with E-state index in [2.05, 4.69) is 16.7 Å². The molecule has 0 aliphatic carbocycles. The van der Waals surface area contributed by atoms with Gasteiger partial charge >= 0.3 is 0 Å². The van der Waals surface area contributed by atoms with Crippen LogP contribution in [0.2, 0.25) is 0 Å². The summed E-state index contributed by atoms with van der Waals surface area (Å²) >= 11 is 0. The zero-order chi connectivity index (χ0) is 15.2. The first-order valence-corrected chi connectivity index (χ1v) is 7.06. The molecule has 0 aromatic heterocycles. The number of amides is 2. The predicted octanol–water partition coefficient (Wildman–Crippen LogP) is 1.04. The van der Waals surface area contributed by atoms with E-state index in [1.807, 2.05) is 0 Å². The zero-order valence-corrected chi connectivity index (χ0v) is 12.5. The van der Waals surface area contributed by atoms with Crippen molar-refractivity contribution in [3.05, 3.63) is 47.0 Å². The molecule has 5 nitrogen and oxygen atoms in total. The molecular formula is C16H21N3O2. The molecule has 1 aliphatic rings. The van der Waals surface area contributed by atoms with Crippen LogP contribution in [0.3, 0.4) is 0 Å². The third kappa shape index (κ3) is 4.16. The molecule has 0 atom stereocenters. The number of nitrogens with one attached hydrogen (secondary N) is 2. The van der Waals surface area contributed by atoms with Crippen LogP contribution in [0.5, 0.6) is 0 Å². The van der Waals surface area contributed by atoms with Crippen LogP contribution in [0.15, 0.2) is 35.9 Å². The molecule has 0 fully saturated rings. The molecule has 1 aromatic carbocycles. The molecule has 112 valence electrons. The van der Waals surface area contributed by atoms with Crippen LogP contribution in [-0.2, 0) is 0 Å². The highest BCUT2D eigenvalue weighted by Gasteiger charge is 2.12. The third-order valence-electron chi connectivity index (χ3n) is 3.41. The first-order chi connectivity index (χ1) is 10.1. The number of rotatable bonds is 4. The van der Waals surface area contributed by atoms with Crippen molar-refractivity contribution in [1.82, 2.24) is 15.5 Å². The molecule has 0 spiro atoms. The van der Waals surface area contributed by atoms with Crippen molar-refractivity contribution in [2.24, 2.45) is 0 Å². The van der Waals surface area contributed by atoms with Crippen LogP contribution >= 0.6 is 0 Å². The lowest BCUT2D eigenvalue weighted by Gasteiger charge is -2.15. The molecule has 0 bridgehead atoms. The van der Waals surface area contributed by atoms with Crippen LogP contribution in [0.1, 0.15) is 27.1 Å². The summed E-state index contributed by atoms with van der Waals surface area (Å²) in [7, 11) is 3.39. The highest BCUT2D eigenvalue weighted by Crippen LogP contribution is 2.08. The summed E-state index contributed by atoms with van der Waals surface area (Å²) in [5, 5.41) is 6.14. The summed E-state index contributed by atoms with van der Waals surface area (Å²) in [6, 6.07) is 6.80. The molecule has 1 aromatic rings. The molecule has 2 amide bonds. The van der Waals surface area contributed by atoms with E-state index in [1.165, 1.54) is 10.5 Å². The lowest BCUT2D eigenvalue weighted by atomic mass is 10.1. The second-order valence-corrected chi connectivity index (χ2v) is 5.28. The van der Waals surface area contributed by atoms with Gasteiger partial charge in [-0.3, -0.25) is 9.59 Å². The average molecular weight is 287 g/mol. The Morgan fingerprint density at radius 3 is 2.71 bits per heavy atom. The molecule has 21 heavy (non-hydrogen) atoms. The van der Waals surface area contributed by atoms with E-state index >= 15 is 0 Å². The fourth-order valence-electron chi connectivity index (χ4n) is 2.18. The monoisotopic (exact) mass is 287 g/mol. The van der Waals surface area contributed by atoms with Gasteiger partial charge in [0.15, 0.2) is 0 Å². The van der Waals surface area contributed by atoms with Crippen molar-refractivity contribution >= 4 is 11.8 Å². The van der Waals surface area contributed by atoms with Gasteiger partial charge in [0.1, 0.15) is 0 Å². The Kier molecular flexibility index (Phi) is 5.11. The molecule has 1 heterocycles. The van der Waals surface area contributed by atoms with Gasteiger partial charge in [0.2, 0.25) is 0 Å². The highest BCUT2D eigenvalue weighted by molar-refractivity contribution is 5.99. The van der Waals surface area contributed by atoms with Crippen molar-refractivity contribution in [2.45, 2.75) is 6.42 Å². The normalized spacial score (nSPS) is 14.3. The summed E-state index contributed by atoms with van der Waals surface area (Å²) < 4.78 is 0. The minimum atomic E-state index is -0.150. The molecular weight excluding hydrogens is 266 g/mol. The summed E-state index contributed by atoms with van der Waals surface area (Å²) in [4.78, 5) is 25.6. The smallest absolute Gasteiger partial charge is 0.253 e. The maximum Gasteiger partial charge on any atom is 0.253 e. The Balaban J connectivity index is 2.00. The van der Waals surface area contributed by atoms with Crippen molar-refractivity contribution in [3.63, 3.8) is 0 Å². The predicted molar refractivity (Wildman–Crippen MR) is 82.4 cm³/mol. The van der Waals surface area contributed by atoms with E-state index in [4.69, 9.17) is 0 Å². The van der Waals surface area contributed by atoms with Gasteiger partial charge in [-0.1, -0.05) is 17.7 Å². The molecule has 2 rings (SSSR count). The lowest BCUT2D eigenvalue weighted by molar-refractivity contribution is 0.0827. The van der Waals surface area contributed by atoms with Crippen LogP contribution in [0, 0.1) is 0 Å². The van der Waals surface area contributed by atoms with Crippen LogP contribution in [-0.4, -0.2) is 50.4 Å². The largest absolute Gasteiger partial charge is 0.348 e. The van der Waals surface area contributed by atoms with E-state index in [1.54, 1.807) is 38.4 Å². The minimum Gasteiger partial charge on any atom is -0.348 e. The van der Waals surface area contributed by atoms with Gasteiger partial charge in [-0.15, -0.1) is 0 Å².